The first-order chi connectivity index (χ1) is 10.1. The minimum absolute atomic E-state index is 0.216. The molecule has 3 rings (SSSR count). The summed E-state index contributed by atoms with van der Waals surface area (Å²) in [6.45, 7) is 3.20. The van der Waals surface area contributed by atoms with E-state index in [0.29, 0.717) is 0 Å². The molecule has 3 aromatic rings. The van der Waals surface area contributed by atoms with Crippen molar-refractivity contribution in [1.29, 1.82) is 0 Å². The molecule has 0 bridgehead atoms. The van der Waals surface area contributed by atoms with E-state index in [2.05, 4.69) is 70.5 Å². The van der Waals surface area contributed by atoms with Crippen LogP contribution in [0, 0.1) is 0 Å². The Labute approximate surface area is 124 Å². The van der Waals surface area contributed by atoms with Gasteiger partial charge in [0.05, 0.1) is 0 Å². The quantitative estimate of drug-likeness (QED) is 0.756. The van der Waals surface area contributed by atoms with Gasteiger partial charge in [-0.2, -0.15) is 5.10 Å². The van der Waals surface area contributed by atoms with Crippen molar-refractivity contribution in [3.63, 3.8) is 0 Å². The second-order valence-corrected chi connectivity index (χ2v) is 5.76. The molecular formula is C16H21N5. The van der Waals surface area contributed by atoms with Crippen LogP contribution in [0.5, 0.6) is 0 Å². The lowest BCUT2D eigenvalue weighted by molar-refractivity contribution is 0.414. The number of nitrogens with zero attached hydrogens (tertiary/aromatic N) is 3. The lowest BCUT2D eigenvalue weighted by Gasteiger charge is -2.10. The third kappa shape index (κ3) is 2.83. The molecule has 0 aliphatic rings. The summed E-state index contributed by atoms with van der Waals surface area (Å²) in [5.41, 5.74) is 3.81. The normalized spacial score (nSPS) is 13.1. The Bertz CT molecular complexity index is 711. The molecule has 0 spiro atoms. The fourth-order valence-electron chi connectivity index (χ4n) is 2.60. The van der Waals surface area contributed by atoms with Crippen LogP contribution in [0.4, 0.5) is 0 Å². The van der Waals surface area contributed by atoms with Crippen molar-refractivity contribution in [2.24, 2.45) is 0 Å². The molecule has 1 unspecified atom stereocenters. The van der Waals surface area contributed by atoms with E-state index in [9.17, 15) is 0 Å². The second kappa shape index (κ2) is 5.69. The largest absolute Gasteiger partial charge is 0.361 e. The predicted molar refractivity (Wildman–Crippen MR) is 84.5 cm³/mol. The fourth-order valence-corrected chi connectivity index (χ4v) is 2.60. The van der Waals surface area contributed by atoms with Crippen LogP contribution in [0.3, 0.4) is 0 Å². The average molecular weight is 283 g/mol. The molecule has 0 saturated heterocycles. The summed E-state index contributed by atoms with van der Waals surface area (Å²) < 4.78 is 0. The number of rotatable bonds is 5. The Balaban J connectivity index is 1.93. The third-order valence-corrected chi connectivity index (χ3v) is 3.96. The van der Waals surface area contributed by atoms with E-state index in [1.165, 1.54) is 22.0 Å². The molecule has 0 amide bonds. The maximum absolute atomic E-state index is 4.26. The Kier molecular flexibility index (Phi) is 3.75. The smallest absolute Gasteiger partial charge is 0.137 e. The zero-order valence-corrected chi connectivity index (χ0v) is 12.7. The number of benzene rings is 1. The molecule has 1 aromatic carbocycles. The number of nitrogens with one attached hydrogen (secondary N) is 2. The minimum Gasteiger partial charge on any atom is -0.361 e. The van der Waals surface area contributed by atoms with Crippen molar-refractivity contribution < 1.29 is 0 Å². The number of hydrogen-bond donors (Lipinski definition) is 2. The van der Waals surface area contributed by atoms with Gasteiger partial charge >= 0.3 is 0 Å². The van der Waals surface area contributed by atoms with Gasteiger partial charge in [0.1, 0.15) is 12.2 Å². The summed E-state index contributed by atoms with van der Waals surface area (Å²) in [5, 5.41) is 8.20. The highest BCUT2D eigenvalue weighted by molar-refractivity contribution is 5.84. The van der Waals surface area contributed by atoms with Crippen LogP contribution in [0.25, 0.3) is 10.9 Å². The molecule has 2 heterocycles. The molecule has 5 heteroatoms. The highest BCUT2D eigenvalue weighted by atomic mass is 15.2. The van der Waals surface area contributed by atoms with E-state index in [1.807, 2.05) is 0 Å². The lowest BCUT2D eigenvalue weighted by atomic mass is 9.97. The molecule has 0 fully saturated rings. The topological polar surface area (TPSA) is 60.6 Å². The van der Waals surface area contributed by atoms with Crippen molar-refractivity contribution in [2.45, 2.75) is 19.3 Å². The SMILES string of the molecule is CC(c1ccc2[nH]cc(CCN(C)C)c2c1)c1ncn[nH]1. The Morgan fingerprint density at radius 1 is 1.29 bits per heavy atom. The predicted octanol–water partition coefficient (Wildman–Crippen LogP) is 2.54. The van der Waals surface area contributed by atoms with Gasteiger partial charge in [0.15, 0.2) is 0 Å². The number of aromatic amines is 2. The van der Waals surface area contributed by atoms with Crippen LogP contribution < -0.4 is 0 Å². The van der Waals surface area contributed by atoms with Crippen LogP contribution in [-0.4, -0.2) is 45.7 Å². The van der Waals surface area contributed by atoms with Crippen molar-refractivity contribution in [1.82, 2.24) is 25.1 Å². The van der Waals surface area contributed by atoms with Crippen LogP contribution in [0.1, 0.15) is 29.8 Å². The van der Waals surface area contributed by atoms with E-state index >= 15 is 0 Å². The van der Waals surface area contributed by atoms with E-state index in [1.54, 1.807) is 6.33 Å². The van der Waals surface area contributed by atoms with E-state index in [4.69, 9.17) is 0 Å². The van der Waals surface area contributed by atoms with Gasteiger partial charge in [-0.3, -0.25) is 5.10 Å². The third-order valence-electron chi connectivity index (χ3n) is 3.96. The second-order valence-electron chi connectivity index (χ2n) is 5.76. The van der Waals surface area contributed by atoms with Crippen molar-refractivity contribution in [3.05, 3.63) is 47.7 Å². The first-order valence-corrected chi connectivity index (χ1v) is 7.25. The lowest BCUT2D eigenvalue weighted by Crippen LogP contribution is -2.14. The Morgan fingerprint density at radius 3 is 2.86 bits per heavy atom. The van der Waals surface area contributed by atoms with Gasteiger partial charge in [-0.15, -0.1) is 0 Å². The molecule has 0 aliphatic carbocycles. The number of likely N-dealkylation sites (N-methyl/N-ethyl adjacent to an activating group) is 1. The van der Waals surface area contributed by atoms with E-state index < -0.39 is 0 Å². The highest BCUT2D eigenvalue weighted by Crippen LogP contribution is 2.26. The Morgan fingerprint density at radius 2 is 2.14 bits per heavy atom. The first kappa shape index (κ1) is 13.8. The maximum Gasteiger partial charge on any atom is 0.137 e. The Hall–Kier alpha value is -2.14. The van der Waals surface area contributed by atoms with Crippen LogP contribution in [0.2, 0.25) is 0 Å². The summed E-state index contributed by atoms with van der Waals surface area (Å²) in [6, 6.07) is 6.57. The van der Waals surface area contributed by atoms with Gasteiger partial charge in [-0.05, 0) is 43.8 Å². The average Bonchev–Trinajstić information content (AvgIpc) is 3.13. The first-order valence-electron chi connectivity index (χ1n) is 7.25. The fraction of sp³-hybridized carbons (Fsp3) is 0.375. The van der Waals surface area contributed by atoms with Gasteiger partial charge in [-0.25, -0.2) is 4.98 Å². The molecule has 2 N–H and O–H groups in total. The minimum atomic E-state index is 0.216. The molecule has 2 aromatic heterocycles. The van der Waals surface area contributed by atoms with Crippen molar-refractivity contribution in [3.8, 4) is 0 Å². The van der Waals surface area contributed by atoms with Gasteiger partial charge in [0.25, 0.3) is 0 Å². The molecule has 110 valence electrons. The zero-order valence-electron chi connectivity index (χ0n) is 12.7. The summed E-state index contributed by atoms with van der Waals surface area (Å²) >= 11 is 0. The van der Waals surface area contributed by atoms with Gasteiger partial charge in [0, 0.05) is 29.6 Å². The summed E-state index contributed by atoms with van der Waals surface area (Å²) in [5.74, 6) is 1.12. The number of H-pyrrole nitrogens is 2. The number of aromatic nitrogens is 4. The molecule has 1 atom stereocenters. The zero-order chi connectivity index (χ0) is 14.8. The highest BCUT2D eigenvalue weighted by Gasteiger charge is 2.13. The van der Waals surface area contributed by atoms with E-state index in [-0.39, 0.29) is 5.92 Å². The van der Waals surface area contributed by atoms with Crippen LogP contribution in [0.15, 0.2) is 30.7 Å². The molecule has 0 radical (unpaired) electrons. The van der Waals surface area contributed by atoms with Gasteiger partial charge in [0.2, 0.25) is 0 Å². The summed E-state index contributed by atoms with van der Waals surface area (Å²) in [4.78, 5) is 9.83. The van der Waals surface area contributed by atoms with Gasteiger partial charge < -0.3 is 9.88 Å². The summed E-state index contributed by atoms with van der Waals surface area (Å²) in [6.07, 6.45) is 4.73. The summed E-state index contributed by atoms with van der Waals surface area (Å²) in [7, 11) is 4.21. The van der Waals surface area contributed by atoms with Crippen molar-refractivity contribution in [2.75, 3.05) is 20.6 Å². The number of hydrogen-bond acceptors (Lipinski definition) is 3. The molecule has 0 saturated carbocycles. The number of fused-ring (bicyclic) bond motifs is 1. The van der Waals surface area contributed by atoms with Crippen LogP contribution in [-0.2, 0) is 6.42 Å². The van der Waals surface area contributed by atoms with Gasteiger partial charge in [-0.1, -0.05) is 13.0 Å². The molecule has 21 heavy (non-hydrogen) atoms. The molecule has 5 nitrogen and oxygen atoms in total. The van der Waals surface area contributed by atoms with Crippen molar-refractivity contribution >= 4 is 10.9 Å². The standard InChI is InChI=1S/C16H21N5/c1-11(16-18-10-19-20-16)12-4-5-15-14(8-12)13(9-17-15)6-7-21(2)3/h4-5,8-11,17H,6-7H2,1-3H3,(H,18,19,20). The monoisotopic (exact) mass is 283 g/mol. The van der Waals surface area contributed by atoms with E-state index in [0.717, 1.165) is 18.8 Å². The molecule has 0 aliphatic heterocycles. The molecular weight excluding hydrogens is 262 g/mol. The maximum atomic E-state index is 4.26. The van der Waals surface area contributed by atoms with Crippen LogP contribution >= 0.6 is 0 Å².